The molecule has 1 saturated carbocycles. The molecule has 4 atom stereocenters. The van der Waals surface area contributed by atoms with E-state index >= 15 is 0 Å². The standard InChI is InChI=1S/C24H33N3O5/c1-5-15(2)18-11-6-7-12-19(18)25-21(29)17(4)32-20(28)14-27-22(30)24(26-23(27)31)13-9-8-10-16(24)3/h6-7,11-12,15-17H,5,8-10,13-14H2,1-4H3,(H,25,29)(H,26,31)/t15-,16-,17+,24-/m0/s1. The lowest BCUT2D eigenvalue weighted by Crippen LogP contribution is -2.54. The average Bonchev–Trinajstić information content (AvgIpc) is 3.00. The Bertz CT molecular complexity index is 901. The summed E-state index contributed by atoms with van der Waals surface area (Å²) in [5.41, 5.74) is 0.753. The molecule has 174 valence electrons. The second-order valence-corrected chi connectivity index (χ2v) is 8.96. The van der Waals surface area contributed by atoms with Crippen molar-refractivity contribution >= 4 is 29.5 Å². The summed E-state index contributed by atoms with van der Waals surface area (Å²) in [4.78, 5) is 51.4. The lowest BCUT2D eigenvalue weighted by molar-refractivity contribution is -0.155. The van der Waals surface area contributed by atoms with Gasteiger partial charge in [-0.1, -0.05) is 51.8 Å². The Hall–Kier alpha value is -2.90. The van der Waals surface area contributed by atoms with Crippen molar-refractivity contribution in [2.45, 2.75) is 77.4 Å². The van der Waals surface area contributed by atoms with E-state index in [0.29, 0.717) is 12.1 Å². The number of nitrogens with one attached hydrogen (secondary N) is 2. The van der Waals surface area contributed by atoms with Crippen molar-refractivity contribution in [2.75, 3.05) is 11.9 Å². The number of carbonyl (C=O) groups is 4. The smallest absolute Gasteiger partial charge is 0.327 e. The van der Waals surface area contributed by atoms with Crippen LogP contribution in [0.5, 0.6) is 0 Å². The van der Waals surface area contributed by atoms with Crippen LogP contribution in [-0.2, 0) is 19.1 Å². The molecule has 1 heterocycles. The highest BCUT2D eigenvalue weighted by Gasteiger charge is 2.55. The Morgan fingerprint density at radius 1 is 1.25 bits per heavy atom. The van der Waals surface area contributed by atoms with Crippen LogP contribution in [0.1, 0.15) is 71.3 Å². The first-order chi connectivity index (χ1) is 15.2. The SMILES string of the molecule is CC[C@H](C)c1ccccc1NC(=O)[C@@H](C)OC(=O)CN1C(=O)N[C@]2(CCCC[C@@H]2C)C1=O. The van der Waals surface area contributed by atoms with Gasteiger partial charge in [-0.05, 0) is 49.7 Å². The number of benzene rings is 1. The molecule has 0 aromatic heterocycles. The van der Waals surface area contributed by atoms with Gasteiger partial charge in [-0.3, -0.25) is 19.3 Å². The summed E-state index contributed by atoms with van der Waals surface area (Å²) in [6.07, 6.45) is 3.13. The normalized spacial score (nSPS) is 24.8. The van der Waals surface area contributed by atoms with Gasteiger partial charge in [0.2, 0.25) is 0 Å². The van der Waals surface area contributed by atoms with Crippen LogP contribution in [0, 0.1) is 5.92 Å². The number of nitrogens with zero attached hydrogens (tertiary/aromatic N) is 1. The fourth-order valence-electron chi connectivity index (χ4n) is 4.55. The molecule has 2 fully saturated rings. The van der Waals surface area contributed by atoms with Gasteiger partial charge >= 0.3 is 12.0 Å². The zero-order chi connectivity index (χ0) is 23.5. The molecule has 2 N–H and O–H groups in total. The highest BCUT2D eigenvalue weighted by atomic mass is 16.5. The topological polar surface area (TPSA) is 105 Å². The lowest BCUT2D eigenvalue weighted by atomic mass is 9.73. The zero-order valence-corrected chi connectivity index (χ0v) is 19.3. The number of ether oxygens (including phenoxy) is 1. The quantitative estimate of drug-likeness (QED) is 0.495. The van der Waals surface area contributed by atoms with Crippen molar-refractivity contribution in [3.63, 3.8) is 0 Å². The maximum Gasteiger partial charge on any atom is 0.327 e. The predicted octanol–water partition coefficient (Wildman–Crippen LogP) is 3.57. The van der Waals surface area contributed by atoms with Crippen molar-refractivity contribution in [3.05, 3.63) is 29.8 Å². The zero-order valence-electron chi connectivity index (χ0n) is 19.3. The number of imide groups is 1. The highest BCUT2D eigenvalue weighted by Crippen LogP contribution is 2.38. The summed E-state index contributed by atoms with van der Waals surface area (Å²) >= 11 is 0. The molecule has 0 radical (unpaired) electrons. The van der Waals surface area contributed by atoms with Crippen LogP contribution >= 0.6 is 0 Å². The van der Waals surface area contributed by atoms with Gasteiger partial charge in [0.15, 0.2) is 6.10 Å². The summed E-state index contributed by atoms with van der Waals surface area (Å²) in [6.45, 7) is 7.05. The van der Waals surface area contributed by atoms with Crippen LogP contribution < -0.4 is 10.6 Å². The summed E-state index contributed by atoms with van der Waals surface area (Å²) < 4.78 is 5.25. The molecule has 1 spiro atoms. The number of hydrogen-bond acceptors (Lipinski definition) is 5. The number of hydrogen-bond donors (Lipinski definition) is 2. The Labute approximate surface area is 189 Å². The fourth-order valence-corrected chi connectivity index (χ4v) is 4.55. The molecule has 0 bridgehead atoms. The Kier molecular flexibility index (Phi) is 7.21. The first-order valence-corrected chi connectivity index (χ1v) is 11.4. The van der Waals surface area contributed by atoms with Gasteiger partial charge in [0.1, 0.15) is 12.1 Å². The maximum absolute atomic E-state index is 13.0. The van der Waals surface area contributed by atoms with E-state index in [4.69, 9.17) is 4.74 Å². The van der Waals surface area contributed by atoms with E-state index in [-0.39, 0.29) is 17.7 Å². The summed E-state index contributed by atoms with van der Waals surface area (Å²) in [7, 11) is 0. The first-order valence-electron chi connectivity index (χ1n) is 11.4. The molecule has 8 heteroatoms. The number of rotatable bonds is 7. The average molecular weight is 444 g/mol. The molecular weight excluding hydrogens is 410 g/mol. The van der Waals surface area contributed by atoms with E-state index in [1.807, 2.05) is 31.2 Å². The van der Waals surface area contributed by atoms with E-state index in [9.17, 15) is 19.2 Å². The van der Waals surface area contributed by atoms with E-state index in [0.717, 1.165) is 36.1 Å². The molecule has 4 amide bonds. The van der Waals surface area contributed by atoms with Crippen LogP contribution in [0.2, 0.25) is 0 Å². The molecule has 2 aliphatic rings. The van der Waals surface area contributed by atoms with Crippen LogP contribution in [0.25, 0.3) is 0 Å². The van der Waals surface area contributed by atoms with Crippen LogP contribution in [-0.4, -0.2) is 46.9 Å². The maximum atomic E-state index is 13.0. The predicted molar refractivity (Wildman–Crippen MR) is 120 cm³/mol. The number of anilines is 1. The number of urea groups is 1. The summed E-state index contributed by atoms with van der Waals surface area (Å²) in [5, 5.41) is 5.62. The van der Waals surface area contributed by atoms with Crippen molar-refractivity contribution in [2.24, 2.45) is 5.92 Å². The molecule has 1 aromatic rings. The fraction of sp³-hybridized carbons (Fsp3) is 0.583. The molecule has 32 heavy (non-hydrogen) atoms. The molecule has 3 rings (SSSR count). The van der Waals surface area contributed by atoms with E-state index in [2.05, 4.69) is 24.5 Å². The number of para-hydroxylation sites is 1. The van der Waals surface area contributed by atoms with Gasteiger partial charge in [0, 0.05) is 5.69 Å². The molecule has 0 unspecified atom stereocenters. The third-order valence-electron chi connectivity index (χ3n) is 6.83. The number of esters is 1. The van der Waals surface area contributed by atoms with Gasteiger partial charge in [0.05, 0.1) is 0 Å². The Morgan fingerprint density at radius 3 is 2.66 bits per heavy atom. The highest BCUT2D eigenvalue weighted by molar-refractivity contribution is 6.09. The monoisotopic (exact) mass is 443 g/mol. The second kappa shape index (κ2) is 9.71. The van der Waals surface area contributed by atoms with E-state index in [1.54, 1.807) is 0 Å². The van der Waals surface area contributed by atoms with Crippen LogP contribution in [0.4, 0.5) is 10.5 Å². The van der Waals surface area contributed by atoms with E-state index in [1.165, 1.54) is 6.92 Å². The van der Waals surface area contributed by atoms with Gasteiger partial charge in [-0.15, -0.1) is 0 Å². The third-order valence-corrected chi connectivity index (χ3v) is 6.83. The minimum Gasteiger partial charge on any atom is -0.451 e. The number of carbonyl (C=O) groups excluding carboxylic acids is 4. The minimum absolute atomic E-state index is 0.00371. The largest absolute Gasteiger partial charge is 0.451 e. The molecule has 8 nitrogen and oxygen atoms in total. The van der Waals surface area contributed by atoms with Crippen molar-refractivity contribution in [1.82, 2.24) is 10.2 Å². The van der Waals surface area contributed by atoms with Gasteiger partial charge < -0.3 is 15.4 Å². The molecule has 1 aliphatic carbocycles. The van der Waals surface area contributed by atoms with Crippen LogP contribution in [0.3, 0.4) is 0 Å². The summed E-state index contributed by atoms with van der Waals surface area (Å²) in [6, 6.07) is 6.93. The Balaban J connectivity index is 1.60. The molecule has 1 aliphatic heterocycles. The van der Waals surface area contributed by atoms with E-state index < -0.39 is 36.1 Å². The number of amides is 4. The molecular formula is C24H33N3O5. The van der Waals surface area contributed by atoms with Crippen molar-refractivity contribution in [3.8, 4) is 0 Å². The van der Waals surface area contributed by atoms with Gasteiger partial charge in [-0.2, -0.15) is 0 Å². The molecule has 1 aromatic carbocycles. The van der Waals surface area contributed by atoms with Gasteiger partial charge in [0.25, 0.3) is 11.8 Å². The van der Waals surface area contributed by atoms with Gasteiger partial charge in [-0.25, -0.2) is 4.79 Å². The van der Waals surface area contributed by atoms with Crippen molar-refractivity contribution in [1.29, 1.82) is 0 Å². The first kappa shape index (κ1) is 23.8. The Morgan fingerprint density at radius 2 is 1.97 bits per heavy atom. The minimum atomic E-state index is -1.07. The lowest BCUT2D eigenvalue weighted by Gasteiger charge is -2.36. The molecule has 1 saturated heterocycles. The van der Waals surface area contributed by atoms with Crippen LogP contribution in [0.15, 0.2) is 24.3 Å². The third kappa shape index (κ3) is 4.64. The van der Waals surface area contributed by atoms with Crippen molar-refractivity contribution < 1.29 is 23.9 Å². The second-order valence-electron chi connectivity index (χ2n) is 8.96. The summed E-state index contributed by atoms with van der Waals surface area (Å²) in [5.74, 6) is -1.38.